The molecule has 2 N–H and O–H groups in total. The largest absolute Gasteiger partial charge is 0.388 e. The van der Waals surface area contributed by atoms with E-state index in [0.29, 0.717) is 17.9 Å². The van der Waals surface area contributed by atoms with Crippen LogP contribution in [0.4, 0.5) is 0 Å². The van der Waals surface area contributed by atoms with Crippen LogP contribution in [0.5, 0.6) is 0 Å². The molecule has 82 valence electrons. The number of rotatable bonds is 1. The maximum absolute atomic E-state index is 10.7. The summed E-state index contributed by atoms with van der Waals surface area (Å²) < 4.78 is 0. The maximum atomic E-state index is 10.7. The molecule has 2 rings (SSSR count). The number of aliphatic hydroxyl groups is 1. The first-order valence-electron chi connectivity index (χ1n) is 6.10. The van der Waals surface area contributed by atoms with Gasteiger partial charge in [0.1, 0.15) is 0 Å². The first-order chi connectivity index (χ1) is 6.64. The van der Waals surface area contributed by atoms with Crippen molar-refractivity contribution in [2.75, 3.05) is 6.54 Å². The summed E-state index contributed by atoms with van der Waals surface area (Å²) in [4.78, 5) is 0. The smallest absolute Gasteiger partial charge is 0.0827 e. The second-order valence-electron chi connectivity index (χ2n) is 5.30. The average molecular weight is 197 g/mol. The maximum Gasteiger partial charge on any atom is 0.0827 e. The number of hydrogen-bond donors (Lipinski definition) is 2. The molecule has 14 heavy (non-hydrogen) atoms. The van der Waals surface area contributed by atoms with Crippen LogP contribution in [-0.4, -0.2) is 23.3 Å². The molecule has 1 saturated heterocycles. The van der Waals surface area contributed by atoms with Gasteiger partial charge in [-0.15, -0.1) is 0 Å². The number of hydrogen-bond acceptors (Lipinski definition) is 2. The van der Waals surface area contributed by atoms with Crippen molar-refractivity contribution in [2.45, 2.75) is 57.6 Å². The summed E-state index contributed by atoms with van der Waals surface area (Å²) in [7, 11) is 0. The highest BCUT2D eigenvalue weighted by Crippen LogP contribution is 2.41. The lowest BCUT2D eigenvalue weighted by molar-refractivity contribution is -0.0858. The average Bonchev–Trinajstić information content (AvgIpc) is 2.67. The third kappa shape index (κ3) is 1.59. The van der Waals surface area contributed by atoms with E-state index in [4.69, 9.17) is 0 Å². The van der Waals surface area contributed by atoms with Crippen LogP contribution >= 0.6 is 0 Å². The van der Waals surface area contributed by atoms with Gasteiger partial charge in [-0.05, 0) is 37.6 Å². The van der Waals surface area contributed by atoms with E-state index in [2.05, 4.69) is 19.2 Å². The Hall–Kier alpha value is -0.0800. The van der Waals surface area contributed by atoms with Crippen LogP contribution < -0.4 is 5.32 Å². The highest BCUT2D eigenvalue weighted by molar-refractivity contribution is 5.01. The van der Waals surface area contributed by atoms with Crippen LogP contribution in [-0.2, 0) is 0 Å². The van der Waals surface area contributed by atoms with Crippen LogP contribution in [0.15, 0.2) is 0 Å². The van der Waals surface area contributed by atoms with Crippen molar-refractivity contribution in [3.8, 4) is 0 Å². The van der Waals surface area contributed by atoms with Gasteiger partial charge in [-0.25, -0.2) is 0 Å². The molecular formula is C12H23NO. The van der Waals surface area contributed by atoms with Gasteiger partial charge < -0.3 is 10.4 Å². The van der Waals surface area contributed by atoms with Crippen molar-refractivity contribution in [1.82, 2.24) is 5.32 Å². The van der Waals surface area contributed by atoms with E-state index in [1.807, 2.05) is 0 Å². The summed E-state index contributed by atoms with van der Waals surface area (Å²) in [5.41, 5.74) is -0.422. The Morgan fingerprint density at radius 1 is 1.21 bits per heavy atom. The van der Waals surface area contributed by atoms with Crippen LogP contribution in [0.2, 0.25) is 0 Å². The molecule has 1 aliphatic carbocycles. The summed E-state index contributed by atoms with van der Waals surface area (Å²) in [5, 5.41) is 14.2. The van der Waals surface area contributed by atoms with Gasteiger partial charge in [0.25, 0.3) is 0 Å². The summed E-state index contributed by atoms with van der Waals surface area (Å²) >= 11 is 0. The van der Waals surface area contributed by atoms with Gasteiger partial charge in [0.2, 0.25) is 0 Å². The standard InChI is InChI=1S/C12H23NO/c1-9-5-3-7-12(14,10(9)2)11-6-4-8-13-11/h9-11,13-14H,3-8H2,1-2H3. The topological polar surface area (TPSA) is 32.3 Å². The van der Waals surface area contributed by atoms with Crippen molar-refractivity contribution < 1.29 is 5.11 Å². The van der Waals surface area contributed by atoms with E-state index in [1.54, 1.807) is 0 Å². The normalized spacial score (nSPS) is 49.5. The van der Waals surface area contributed by atoms with E-state index in [1.165, 1.54) is 19.3 Å². The lowest BCUT2D eigenvalue weighted by Crippen LogP contribution is -2.55. The van der Waals surface area contributed by atoms with Crippen LogP contribution in [0.25, 0.3) is 0 Å². The van der Waals surface area contributed by atoms with Crippen molar-refractivity contribution in [3.63, 3.8) is 0 Å². The summed E-state index contributed by atoms with van der Waals surface area (Å²) in [6.45, 7) is 5.60. The molecule has 0 bridgehead atoms. The fourth-order valence-corrected chi connectivity index (χ4v) is 3.28. The molecule has 0 aromatic rings. The highest BCUT2D eigenvalue weighted by Gasteiger charge is 2.46. The van der Waals surface area contributed by atoms with E-state index < -0.39 is 5.60 Å². The molecule has 4 atom stereocenters. The van der Waals surface area contributed by atoms with Crippen LogP contribution in [0.3, 0.4) is 0 Å². The highest BCUT2D eigenvalue weighted by atomic mass is 16.3. The Morgan fingerprint density at radius 3 is 2.64 bits per heavy atom. The molecule has 0 aromatic carbocycles. The lowest BCUT2D eigenvalue weighted by atomic mass is 9.67. The lowest BCUT2D eigenvalue weighted by Gasteiger charge is -2.45. The predicted octanol–water partition coefficient (Wildman–Crippen LogP) is 1.93. The van der Waals surface area contributed by atoms with Crippen molar-refractivity contribution in [1.29, 1.82) is 0 Å². The predicted molar refractivity (Wildman–Crippen MR) is 58.2 cm³/mol. The fourth-order valence-electron chi connectivity index (χ4n) is 3.28. The molecule has 4 unspecified atom stereocenters. The molecule has 1 heterocycles. The molecule has 2 aliphatic rings. The molecule has 2 fully saturated rings. The van der Waals surface area contributed by atoms with E-state index in [0.717, 1.165) is 19.4 Å². The fraction of sp³-hybridized carbons (Fsp3) is 1.00. The van der Waals surface area contributed by atoms with Gasteiger partial charge in [0, 0.05) is 6.04 Å². The molecule has 2 heteroatoms. The Labute approximate surface area is 87.1 Å². The van der Waals surface area contributed by atoms with E-state index >= 15 is 0 Å². The SMILES string of the molecule is CC1CCCC(O)(C2CCCN2)C1C. The summed E-state index contributed by atoms with van der Waals surface area (Å²) in [6, 6.07) is 0.361. The molecule has 0 radical (unpaired) electrons. The molecular weight excluding hydrogens is 174 g/mol. The minimum atomic E-state index is -0.422. The summed E-state index contributed by atoms with van der Waals surface area (Å²) in [5.74, 6) is 1.13. The number of nitrogens with one attached hydrogen (secondary N) is 1. The van der Waals surface area contributed by atoms with Gasteiger partial charge in [-0.1, -0.05) is 26.7 Å². The Balaban J connectivity index is 2.11. The second-order valence-corrected chi connectivity index (χ2v) is 5.30. The first-order valence-corrected chi connectivity index (χ1v) is 6.10. The molecule has 1 aliphatic heterocycles. The monoisotopic (exact) mass is 197 g/mol. The molecule has 2 nitrogen and oxygen atoms in total. The minimum Gasteiger partial charge on any atom is -0.388 e. The molecule has 0 amide bonds. The first kappa shape index (κ1) is 10.4. The van der Waals surface area contributed by atoms with Crippen molar-refractivity contribution >= 4 is 0 Å². The van der Waals surface area contributed by atoms with Crippen LogP contribution in [0.1, 0.15) is 46.0 Å². The van der Waals surface area contributed by atoms with Crippen molar-refractivity contribution in [3.05, 3.63) is 0 Å². The van der Waals surface area contributed by atoms with E-state index in [-0.39, 0.29) is 0 Å². The van der Waals surface area contributed by atoms with Gasteiger partial charge >= 0.3 is 0 Å². The van der Waals surface area contributed by atoms with Gasteiger partial charge in [0.05, 0.1) is 5.60 Å². The Bertz CT molecular complexity index is 196. The van der Waals surface area contributed by atoms with Gasteiger partial charge in [-0.2, -0.15) is 0 Å². The van der Waals surface area contributed by atoms with Crippen molar-refractivity contribution in [2.24, 2.45) is 11.8 Å². The quantitative estimate of drug-likeness (QED) is 0.673. The molecule has 0 spiro atoms. The summed E-state index contributed by atoms with van der Waals surface area (Å²) in [6.07, 6.45) is 5.87. The van der Waals surface area contributed by atoms with Gasteiger partial charge in [0.15, 0.2) is 0 Å². The zero-order chi connectivity index (χ0) is 10.2. The zero-order valence-electron chi connectivity index (χ0n) is 9.42. The molecule has 1 saturated carbocycles. The zero-order valence-corrected chi connectivity index (χ0v) is 9.42. The minimum absolute atomic E-state index is 0.361. The van der Waals surface area contributed by atoms with Gasteiger partial charge in [-0.3, -0.25) is 0 Å². The second kappa shape index (κ2) is 3.82. The third-order valence-corrected chi connectivity index (χ3v) is 4.54. The third-order valence-electron chi connectivity index (χ3n) is 4.54. The van der Waals surface area contributed by atoms with E-state index in [9.17, 15) is 5.11 Å². The van der Waals surface area contributed by atoms with Crippen LogP contribution in [0, 0.1) is 11.8 Å². The Morgan fingerprint density at radius 2 is 2.00 bits per heavy atom. The molecule has 0 aromatic heterocycles. The Kier molecular flexibility index (Phi) is 2.85.